The zero-order valence-electron chi connectivity index (χ0n) is 28.4. The van der Waals surface area contributed by atoms with E-state index in [-0.39, 0.29) is 0 Å². The molecule has 0 unspecified atom stereocenters. The monoisotopic (exact) mass is 580 g/mol. The first-order valence-electron chi connectivity index (χ1n) is 19.0. The van der Waals surface area contributed by atoms with Gasteiger partial charge in [-0.1, -0.05) is 179 Å². The molecule has 0 atom stereocenters. The first-order valence-corrected chi connectivity index (χ1v) is 19.0. The summed E-state index contributed by atoms with van der Waals surface area (Å²) in [5.74, 6) is 1.58. The fourth-order valence-corrected chi connectivity index (χ4v) is 6.54. The van der Waals surface area contributed by atoms with Crippen LogP contribution in [0.2, 0.25) is 0 Å². The van der Waals surface area contributed by atoms with Gasteiger partial charge in [0.2, 0.25) is 0 Å². The van der Waals surface area contributed by atoms with E-state index in [9.17, 15) is 0 Å². The summed E-state index contributed by atoms with van der Waals surface area (Å²) in [5.41, 5.74) is 1.47. The fraction of sp³-hybridized carbons (Fsp3) is 0.775. The predicted octanol–water partition coefficient (Wildman–Crippen LogP) is 12.4. The summed E-state index contributed by atoms with van der Waals surface area (Å²) in [6.45, 7) is 6.97. The van der Waals surface area contributed by atoms with Gasteiger partial charge in [-0.3, -0.25) is 0 Å². The largest absolute Gasteiger partial charge is 0.256 e. The Balaban J connectivity index is 1.59. The number of unbranched alkanes of at least 4 members (excludes halogenated alkanes) is 22. The Bertz CT molecular complexity index is 823. The maximum atomic E-state index is 2.60. The van der Waals surface area contributed by atoms with Gasteiger partial charge in [-0.05, 0) is 37.7 Å². The van der Waals surface area contributed by atoms with Gasteiger partial charge in [-0.15, -0.1) is 0 Å². The van der Waals surface area contributed by atoms with Gasteiger partial charge in [-0.2, -0.15) is 0 Å². The van der Waals surface area contributed by atoms with Crippen LogP contribution in [0.4, 0.5) is 0 Å². The molecule has 1 aromatic heterocycles. The molecule has 0 aliphatic carbocycles. The molecule has 0 spiro atoms. The Morgan fingerprint density at radius 3 is 1.43 bits per heavy atom. The summed E-state index contributed by atoms with van der Waals surface area (Å²) < 4.78 is 5.18. The van der Waals surface area contributed by atoms with Crippen LogP contribution in [-0.4, -0.2) is 4.57 Å². The number of rotatable bonds is 30. The zero-order chi connectivity index (χ0) is 29.8. The minimum absolute atomic E-state index is 1.15. The van der Waals surface area contributed by atoms with Gasteiger partial charge in [0.05, 0.1) is 13.1 Å². The van der Waals surface area contributed by atoms with E-state index in [1.807, 2.05) is 0 Å². The molecule has 0 radical (unpaired) electrons. The molecule has 2 heteroatoms. The van der Waals surface area contributed by atoms with E-state index in [0.717, 1.165) is 6.54 Å². The third-order valence-electron chi connectivity index (χ3n) is 9.30. The number of nitrogens with zero attached hydrogens (tertiary/aromatic N) is 2. The molecule has 0 aliphatic rings. The molecule has 0 saturated carbocycles. The molecule has 0 fully saturated rings. The van der Waals surface area contributed by atoms with E-state index in [2.05, 4.69) is 65.7 Å². The van der Waals surface area contributed by atoms with Crippen molar-refractivity contribution >= 4 is 0 Å². The highest BCUT2D eigenvalue weighted by Crippen LogP contribution is 2.15. The maximum Gasteiger partial charge on any atom is 0.256 e. The lowest BCUT2D eigenvalue weighted by Crippen LogP contribution is -2.37. The summed E-state index contributed by atoms with van der Waals surface area (Å²) in [6.07, 6.45) is 42.6. The van der Waals surface area contributed by atoms with Crippen molar-refractivity contribution in [3.8, 4) is 0 Å². The lowest BCUT2D eigenvalue weighted by molar-refractivity contribution is -0.704. The van der Waals surface area contributed by atoms with E-state index in [0.29, 0.717) is 0 Å². The molecule has 0 saturated heterocycles. The van der Waals surface area contributed by atoms with Crippen molar-refractivity contribution in [3.63, 3.8) is 0 Å². The second-order valence-corrected chi connectivity index (χ2v) is 13.2. The van der Waals surface area contributed by atoms with Crippen LogP contribution in [0.3, 0.4) is 0 Å². The molecule has 1 heterocycles. The highest BCUT2D eigenvalue weighted by molar-refractivity contribution is 5.14. The molecular weight excluding hydrogens is 508 g/mol. The van der Waals surface area contributed by atoms with Gasteiger partial charge in [0.15, 0.2) is 0 Å². The summed E-state index contributed by atoms with van der Waals surface area (Å²) in [4.78, 5) is 0. The molecule has 0 N–H and O–H groups in total. The summed E-state index contributed by atoms with van der Waals surface area (Å²) in [6, 6.07) is 11.0. The van der Waals surface area contributed by atoms with E-state index in [1.165, 1.54) is 185 Å². The quantitative estimate of drug-likeness (QED) is 0.0643. The van der Waals surface area contributed by atoms with Gasteiger partial charge < -0.3 is 0 Å². The highest BCUT2D eigenvalue weighted by Gasteiger charge is 2.16. The number of aromatic nitrogens is 2. The Kier molecular flexibility index (Phi) is 23.6. The highest BCUT2D eigenvalue weighted by atomic mass is 15.1. The van der Waals surface area contributed by atoms with Crippen LogP contribution in [0.1, 0.15) is 186 Å². The molecule has 2 aromatic rings. The Morgan fingerprint density at radius 1 is 0.476 bits per heavy atom. The molecule has 2 nitrogen and oxygen atoms in total. The van der Waals surface area contributed by atoms with Crippen LogP contribution in [0, 0.1) is 0 Å². The second kappa shape index (κ2) is 27.0. The lowest BCUT2D eigenvalue weighted by atomic mass is 10.0. The minimum atomic E-state index is 1.15. The maximum absolute atomic E-state index is 2.60. The van der Waals surface area contributed by atoms with Crippen LogP contribution in [-0.2, 0) is 25.9 Å². The van der Waals surface area contributed by atoms with Crippen LogP contribution in [0.25, 0.3) is 0 Å². The van der Waals surface area contributed by atoms with E-state index in [4.69, 9.17) is 0 Å². The van der Waals surface area contributed by atoms with Gasteiger partial charge >= 0.3 is 0 Å². The molecule has 1 aromatic carbocycles. The van der Waals surface area contributed by atoms with Gasteiger partial charge in [0.25, 0.3) is 5.82 Å². The van der Waals surface area contributed by atoms with Crippen LogP contribution in [0.15, 0.2) is 42.7 Å². The van der Waals surface area contributed by atoms with Crippen molar-refractivity contribution in [2.24, 2.45) is 0 Å². The molecule has 240 valence electrons. The van der Waals surface area contributed by atoms with Gasteiger partial charge in [0, 0.05) is 6.42 Å². The number of aryl methyl sites for hydroxylation is 3. The molecular formula is C40H71N2+. The predicted molar refractivity (Wildman–Crippen MR) is 185 cm³/mol. The number of benzene rings is 1. The van der Waals surface area contributed by atoms with E-state index in [1.54, 1.807) is 5.82 Å². The van der Waals surface area contributed by atoms with Gasteiger partial charge in [0.1, 0.15) is 12.4 Å². The summed E-state index contributed by atoms with van der Waals surface area (Å²) >= 11 is 0. The van der Waals surface area contributed by atoms with Crippen LogP contribution in [0.5, 0.6) is 0 Å². The lowest BCUT2D eigenvalue weighted by Gasteiger charge is -2.07. The number of hydrogen-bond donors (Lipinski definition) is 0. The normalized spacial score (nSPS) is 11.5. The standard InChI is InChI=1S/C40H71N2/c1-3-5-7-9-11-13-14-15-16-17-18-19-20-22-24-29-35-41-37-38-42(36-30-33-39-31-26-25-27-32-39)40(41)34-28-23-21-12-10-8-6-4-2/h25-27,31-32,37-38H,3-24,28-30,33-36H2,1-2H3/q+1. The van der Waals surface area contributed by atoms with Crippen LogP contribution < -0.4 is 4.57 Å². The molecule has 42 heavy (non-hydrogen) atoms. The van der Waals surface area contributed by atoms with E-state index >= 15 is 0 Å². The smallest absolute Gasteiger partial charge is 0.234 e. The topological polar surface area (TPSA) is 8.81 Å². The molecule has 2 rings (SSSR count). The average Bonchev–Trinajstić information content (AvgIpc) is 3.39. The Labute approximate surface area is 263 Å². The zero-order valence-corrected chi connectivity index (χ0v) is 28.4. The fourth-order valence-electron chi connectivity index (χ4n) is 6.54. The second-order valence-electron chi connectivity index (χ2n) is 13.2. The summed E-state index contributed by atoms with van der Waals surface area (Å²) in [7, 11) is 0. The van der Waals surface area contributed by atoms with Crippen molar-refractivity contribution in [2.75, 3.05) is 0 Å². The SMILES string of the molecule is CCCCCCCCCCCCCCCCCCn1cc[n+](CCCc2ccccc2)c1CCCCCCCCCC. The minimum Gasteiger partial charge on any atom is -0.234 e. The Morgan fingerprint density at radius 2 is 0.929 bits per heavy atom. The van der Waals surface area contributed by atoms with Crippen molar-refractivity contribution in [3.05, 3.63) is 54.1 Å². The third-order valence-corrected chi connectivity index (χ3v) is 9.30. The van der Waals surface area contributed by atoms with Crippen molar-refractivity contribution in [2.45, 2.75) is 200 Å². The van der Waals surface area contributed by atoms with E-state index < -0.39 is 0 Å². The molecule has 0 amide bonds. The first kappa shape index (κ1) is 36.6. The van der Waals surface area contributed by atoms with Crippen molar-refractivity contribution in [1.29, 1.82) is 0 Å². The van der Waals surface area contributed by atoms with Gasteiger partial charge in [-0.25, -0.2) is 9.13 Å². The first-order chi connectivity index (χ1) is 20.8. The number of imidazole rings is 1. The molecule has 0 aliphatic heterocycles. The average molecular weight is 580 g/mol. The van der Waals surface area contributed by atoms with Crippen molar-refractivity contribution < 1.29 is 4.57 Å². The third kappa shape index (κ3) is 18.9. The number of hydrogen-bond acceptors (Lipinski definition) is 0. The van der Waals surface area contributed by atoms with Crippen LogP contribution >= 0.6 is 0 Å². The summed E-state index contributed by atoms with van der Waals surface area (Å²) in [5, 5.41) is 0. The Hall–Kier alpha value is -1.57. The molecule has 0 bridgehead atoms. The van der Waals surface area contributed by atoms with Crippen molar-refractivity contribution in [1.82, 2.24) is 4.57 Å².